The fraction of sp³-hybridized carbons (Fsp3) is 0.583. The number of thioether (sulfide) groups is 1. The first-order valence-electron chi connectivity index (χ1n) is 11.8. The number of hydrogen-bond donors (Lipinski definition) is 0. The molecule has 0 spiro atoms. The van der Waals surface area contributed by atoms with E-state index in [1.54, 1.807) is 4.57 Å². The summed E-state index contributed by atoms with van der Waals surface area (Å²) in [6.07, 6.45) is 3.00. The predicted octanol–water partition coefficient (Wildman–Crippen LogP) is 3.82. The molecule has 1 fully saturated rings. The Kier molecular flexibility index (Phi) is 8.59. The van der Waals surface area contributed by atoms with Gasteiger partial charge < -0.3 is 0 Å². The van der Waals surface area contributed by atoms with Gasteiger partial charge >= 0.3 is 5.69 Å². The molecule has 4 heterocycles. The zero-order valence-electron chi connectivity index (χ0n) is 21.0. The lowest BCUT2D eigenvalue weighted by molar-refractivity contribution is -0.161. The van der Waals surface area contributed by atoms with Crippen molar-refractivity contribution in [2.24, 2.45) is 13.0 Å². The van der Waals surface area contributed by atoms with E-state index in [0.29, 0.717) is 47.9 Å². The molecule has 10 heteroatoms. The molecule has 2 aliphatic rings. The highest BCUT2D eigenvalue weighted by Crippen LogP contribution is 2.37. The first-order valence-corrected chi connectivity index (χ1v) is 13.5. The molecule has 1 amide bonds. The second-order valence-corrected chi connectivity index (χ2v) is 10.8. The van der Waals surface area contributed by atoms with Gasteiger partial charge in [0, 0.05) is 35.8 Å². The molecule has 0 radical (unpaired) electrons. The van der Waals surface area contributed by atoms with Crippen molar-refractivity contribution in [3.05, 3.63) is 48.6 Å². The number of amides is 1. The molecule has 0 N–H and O–H groups in total. The van der Waals surface area contributed by atoms with Crippen LogP contribution in [0.25, 0.3) is 5.57 Å². The van der Waals surface area contributed by atoms with Gasteiger partial charge in [0.2, 0.25) is 0 Å². The maximum Gasteiger partial charge on any atom is 0.331 e. The molecule has 2 aromatic rings. The summed E-state index contributed by atoms with van der Waals surface area (Å²) in [7, 11) is 1.47. The molecule has 1 saturated heterocycles. The van der Waals surface area contributed by atoms with Crippen LogP contribution in [-0.2, 0) is 23.1 Å². The topological polar surface area (TPSA) is 86.4 Å². The van der Waals surface area contributed by atoms with Crippen LogP contribution in [0.1, 0.15) is 63.1 Å². The second-order valence-electron chi connectivity index (χ2n) is 8.72. The Morgan fingerprint density at radius 1 is 1.29 bits per heavy atom. The SMILES string of the molecule is CC.Cc1sncc1CC1=C(C(=O)N2CC(C)CO2)c2c(n(C(C)C)c(=O)n(C)c2=O)SCC1. The van der Waals surface area contributed by atoms with Crippen molar-refractivity contribution in [3.63, 3.8) is 0 Å². The maximum atomic E-state index is 13.8. The molecule has 1 unspecified atom stereocenters. The van der Waals surface area contributed by atoms with Crippen LogP contribution in [0.2, 0.25) is 0 Å². The Hall–Kier alpha value is -2.17. The Balaban J connectivity index is 0.00000158. The average molecular weight is 507 g/mol. The quantitative estimate of drug-likeness (QED) is 0.586. The molecule has 2 aliphatic heterocycles. The largest absolute Gasteiger partial charge is 0.331 e. The molecule has 186 valence electrons. The molecule has 2 aromatic heterocycles. The summed E-state index contributed by atoms with van der Waals surface area (Å²) in [6.45, 7) is 12.8. The highest BCUT2D eigenvalue weighted by molar-refractivity contribution is 7.99. The third kappa shape index (κ3) is 4.94. The molecule has 0 aliphatic carbocycles. The summed E-state index contributed by atoms with van der Waals surface area (Å²) in [6, 6.07) is -0.153. The van der Waals surface area contributed by atoms with E-state index in [1.165, 1.54) is 35.4 Å². The third-order valence-electron chi connectivity index (χ3n) is 5.89. The van der Waals surface area contributed by atoms with E-state index in [2.05, 4.69) is 4.37 Å². The molecular formula is C24H34N4O4S2. The van der Waals surface area contributed by atoms with Crippen molar-refractivity contribution in [2.45, 2.75) is 65.5 Å². The summed E-state index contributed by atoms with van der Waals surface area (Å²) in [4.78, 5) is 47.0. The number of allylic oxidation sites excluding steroid dienone is 1. The smallest absolute Gasteiger partial charge is 0.285 e. The Bertz CT molecular complexity index is 1210. The lowest BCUT2D eigenvalue weighted by atomic mass is 9.94. The highest BCUT2D eigenvalue weighted by Gasteiger charge is 2.35. The maximum absolute atomic E-state index is 13.8. The summed E-state index contributed by atoms with van der Waals surface area (Å²) < 4.78 is 7.01. The van der Waals surface area contributed by atoms with Crippen LogP contribution in [0.4, 0.5) is 0 Å². The lowest BCUT2D eigenvalue weighted by Gasteiger charge is -2.22. The number of fused-ring (bicyclic) bond motifs is 1. The number of carbonyl (C=O) groups excluding carboxylic acids is 1. The van der Waals surface area contributed by atoms with Crippen molar-refractivity contribution >= 4 is 34.8 Å². The number of hydrogen-bond acceptors (Lipinski definition) is 7. The van der Waals surface area contributed by atoms with Gasteiger partial charge in [0.1, 0.15) is 0 Å². The lowest BCUT2D eigenvalue weighted by Crippen LogP contribution is -2.43. The van der Waals surface area contributed by atoms with Crippen molar-refractivity contribution in [2.75, 3.05) is 18.9 Å². The summed E-state index contributed by atoms with van der Waals surface area (Å²) in [5, 5.41) is 1.95. The van der Waals surface area contributed by atoms with Crippen LogP contribution in [0.15, 0.2) is 26.4 Å². The van der Waals surface area contributed by atoms with Crippen LogP contribution < -0.4 is 11.2 Å². The molecule has 34 heavy (non-hydrogen) atoms. The predicted molar refractivity (Wildman–Crippen MR) is 137 cm³/mol. The van der Waals surface area contributed by atoms with E-state index in [-0.39, 0.29) is 23.6 Å². The van der Waals surface area contributed by atoms with E-state index in [1.807, 2.05) is 47.7 Å². The van der Waals surface area contributed by atoms with Crippen molar-refractivity contribution in [1.82, 2.24) is 18.6 Å². The second kappa shape index (κ2) is 11.0. The first-order chi connectivity index (χ1) is 16.2. The van der Waals surface area contributed by atoms with Crippen molar-refractivity contribution < 1.29 is 9.63 Å². The van der Waals surface area contributed by atoms with Crippen LogP contribution in [-0.4, -0.2) is 43.4 Å². The Labute approximate surface area is 208 Å². The van der Waals surface area contributed by atoms with Crippen molar-refractivity contribution in [3.8, 4) is 0 Å². The van der Waals surface area contributed by atoms with E-state index in [9.17, 15) is 14.4 Å². The molecule has 0 aromatic carbocycles. The average Bonchev–Trinajstić information content (AvgIpc) is 3.37. The van der Waals surface area contributed by atoms with Crippen LogP contribution in [0, 0.1) is 12.8 Å². The number of aromatic nitrogens is 3. The summed E-state index contributed by atoms with van der Waals surface area (Å²) in [5.41, 5.74) is 1.82. The van der Waals surface area contributed by atoms with Gasteiger partial charge in [-0.2, -0.15) is 0 Å². The number of aryl methyl sites for hydroxylation is 1. The normalized spacial score (nSPS) is 18.0. The molecule has 4 rings (SSSR count). The number of hydroxylamine groups is 2. The monoisotopic (exact) mass is 506 g/mol. The first kappa shape index (κ1) is 26.4. The molecule has 0 saturated carbocycles. The van der Waals surface area contributed by atoms with Crippen LogP contribution in [0.5, 0.6) is 0 Å². The van der Waals surface area contributed by atoms with Gasteiger partial charge in [-0.05, 0) is 50.7 Å². The minimum absolute atomic E-state index is 0.153. The molecule has 1 atom stereocenters. The van der Waals surface area contributed by atoms with Gasteiger partial charge in [0.15, 0.2) is 0 Å². The Morgan fingerprint density at radius 3 is 2.56 bits per heavy atom. The molecular weight excluding hydrogens is 472 g/mol. The zero-order chi connectivity index (χ0) is 25.2. The Morgan fingerprint density at radius 2 is 2.00 bits per heavy atom. The summed E-state index contributed by atoms with van der Waals surface area (Å²) in [5.74, 6) is 0.588. The molecule has 8 nitrogen and oxygen atoms in total. The van der Waals surface area contributed by atoms with E-state index in [0.717, 1.165) is 20.6 Å². The van der Waals surface area contributed by atoms with Crippen molar-refractivity contribution in [1.29, 1.82) is 0 Å². The number of carbonyl (C=O) groups is 1. The fourth-order valence-electron chi connectivity index (χ4n) is 4.12. The molecule has 0 bridgehead atoms. The minimum Gasteiger partial charge on any atom is -0.285 e. The van der Waals surface area contributed by atoms with Gasteiger partial charge in [-0.1, -0.05) is 26.3 Å². The van der Waals surface area contributed by atoms with E-state index < -0.39 is 5.56 Å². The van der Waals surface area contributed by atoms with E-state index >= 15 is 0 Å². The zero-order valence-corrected chi connectivity index (χ0v) is 22.6. The highest BCUT2D eigenvalue weighted by atomic mass is 32.2. The van der Waals surface area contributed by atoms with Gasteiger partial charge in [0.25, 0.3) is 11.5 Å². The van der Waals surface area contributed by atoms with Gasteiger partial charge in [-0.25, -0.2) is 14.2 Å². The fourth-order valence-corrected chi connectivity index (χ4v) is 6.01. The van der Waals surface area contributed by atoms with Gasteiger partial charge in [-0.3, -0.25) is 23.6 Å². The summed E-state index contributed by atoms with van der Waals surface area (Å²) >= 11 is 2.89. The number of nitrogens with zero attached hydrogens (tertiary/aromatic N) is 4. The number of rotatable bonds is 4. The van der Waals surface area contributed by atoms with Crippen LogP contribution >= 0.6 is 23.3 Å². The van der Waals surface area contributed by atoms with Crippen LogP contribution in [0.3, 0.4) is 0 Å². The van der Waals surface area contributed by atoms with E-state index in [4.69, 9.17) is 4.84 Å². The van der Waals surface area contributed by atoms with Gasteiger partial charge in [0.05, 0.1) is 29.3 Å². The third-order valence-corrected chi connectivity index (χ3v) is 7.72. The standard InChI is InChI=1S/C22H28N4O4S2.C2H6/c1-12(2)26-21-18(19(27)24(5)22(26)29)17(20(28)25-10-13(3)11-30-25)15(6-7-31-21)8-16-9-23-32-14(16)4;1-2/h9,12-13H,6-8,10-11H2,1-5H3;1-2H3. The minimum atomic E-state index is -0.440. The van der Waals surface area contributed by atoms with Gasteiger partial charge in [-0.15, -0.1) is 11.8 Å².